The number of imidazole rings is 1. The number of aromatic nitrogens is 4. The molecule has 2 aromatic heterocycles. The van der Waals surface area contributed by atoms with Gasteiger partial charge in [-0.15, -0.1) is 0 Å². The Morgan fingerprint density at radius 3 is 2.43 bits per heavy atom. The molecule has 0 spiro atoms. The second kappa shape index (κ2) is 13.4. The zero-order valence-corrected chi connectivity index (χ0v) is 24.6. The summed E-state index contributed by atoms with van der Waals surface area (Å²) in [4.78, 5) is 72.1. The average molecular weight is 662 g/mol. The number of aliphatic hydroxyl groups excluding tert-OH is 3. The lowest BCUT2D eigenvalue weighted by atomic mass is 10.0. The molecule has 21 heteroatoms. The molecule has 1 amide bonds. The zero-order valence-electron chi connectivity index (χ0n) is 22.8. The Balaban J connectivity index is 1.29. The Bertz CT molecular complexity index is 1620. The number of hydrogen-bond donors (Lipinski definition) is 10. The number of nitrogens with zero attached hydrogens (tertiary/aromatic N) is 3. The zero-order chi connectivity index (χ0) is 32.4. The number of ether oxygens (including phenoxy) is 2. The summed E-state index contributed by atoms with van der Waals surface area (Å²) in [6.45, 7) is -0.430. The van der Waals surface area contributed by atoms with Crippen molar-refractivity contribution in [3.8, 4) is 0 Å². The van der Waals surface area contributed by atoms with E-state index in [9.17, 15) is 43.8 Å². The fourth-order valence-electron chi connectivity index (χ4n) is 4.70. The largest absolute Gasteiger partial charge is 0.445 e. The summed E-state index contributed by atoms with van der Waals surface area (Å²) >= 11 is 0. The van der Waals surface area contributed by atoms with Crippen LogP contribution in [0.2, 0.25) is 0 Å². The second-order valence-corrected chi connectivity index (χ2v) is 13.7. The van der Waals surface area contributed by atoms with E-state index in [1.807, 2.05) is 0 Å². The molecule has 1 saturated heterocycles. The minimum atomic E-state index is -4.71. The third-order valence-corrected chi connectivity index (χ3v) is 9.48. The van der Waals surface area contributed by atoms with Crippen molar-refractivity contribution in [3.63, 3.8) is 0 Å². The summed E-state index contributed by atoms with van der Waals surface area (Å²) in [5, 5.41) is 34.0. The molecule has 3 heterocycles. The Hall–Kier alpha value is -3.22. The highest BCUT2D eigenvalue weighted by atomic mass is 31.2. The van der Waals surface area contributed by atoms with Gasteiger partial charge in [0.25, 0.3) is 5.56 Å². The molecule has 4 rings (SSSR count). The fraction of sp³-hybridized carbons (Fsp3) is 0.478. The van der Waals surface area contributed by atoms with E-state index in [-0.39, 0.29) is 54.8 Å². The summed E-state index contributed by atoms with van der Waals surface area (Å²) in [6, 6.07) is 5.13. The van der Waals surface area contributed by atoms with Crippen molar-refractivity contribution in [2.24, 2.45) is 0 Å². The molecule has 0 radical (unpaired) electrons. The summed E-state index contributed by atoms with van der Waals surface area (Å²) in [5.74, 6) is -0.226. The van der Waals surface area contributed by atoms with Gasteiger partial charge in [0.15, 0.2) is 17.4 Å². The van der Waals surface area contributed by atoms with Gasteiger partial charge in [0.2, 0.25) is 5.95 Å². The second-order valence-electron chi connectivity index (χ2n) is 10.1. The number of fused-ring (bicyclic) bond motifs is 1. The van der Waals surface area contributed by atoms with Crippen molar-refractivity contribution >= 4 is 43.7 Å². The van der Waals surface area contributed by atoms with Crippen LogP contribution in [0.1, 0.15) is 31.1 Å². The molecule has 242 valence electrons. The number of alkyl carbamates (subject to hydrolysis) is 1. The van der Waals surface area contributed by atoms with Crippen molar-refractivity contribution in [1.82, 2.24) is 24.8 Å². The van der Waals surface area contributed by atoms with E-state index >= 15 is 0 Å². The molecule has 1 aliphatic heterocycles. The molecule has 44 heavy (non-hydrogen) atoms. The molecular formula is C23H32N6O13P2. The van der Waals surface area contributed by atoms with Gasteiger partial charge in [-0.2, -0.15) is 4.98 Å². The van der Waals surface area contributed by atoms with E-state index < -0.39 is 63.1 Å². The van der Waals surface area contributed by atoms with Crippen LogP contribution < -0.4 is 21.9 Å². The number of nitrogens with one attached hydrogen (secondary N) is 2. The van der Waals surface area contributed by atoms with Crippen molar-refractivity contribution in [2.45, 2.75) is 62.2 Å². The van der Waals surface area contributed by atoms with E-state index in [0.29, 0.717) is 5.56 Å². The number of nitrogen functional groups attached to an aromatic ring is 1. The Morgan fingerprint density at radius 2 is 1.80 bits per heavy atom. The topological polar surface area (TPSA) is 313 Å². The van der Waals surface area contributed by atoms with Crippen molar-refractivity contribution in [3.05, 3.63) is 46.5 Å². The van der Waals surface area contributed by atoms with Gasteiger partial charge in [0, 0.05) is 6.54 Å². The first-order chi connectivity index (χ1) is 20.6. The normalized spacial score (nSPS) is 22.2. The maximum Gasteiger partial charge on any atom is 0.407 e. The van der Waals surface area contributed by atoms with Crippen LogP contribution in [0.3, 0.4) is 0 Å². The van der Waals surface area contributed by atoms with Gasteiger partial charge in [-0.3, -0.25) is 23.5 Å². The number of anilines is 1. The van der Waals surface area contributed by atoms with Crippen LogP contribution in [0, 0.1) is 0 Å². The van der Waals surface area contributed by atoms with E-state index in [2.05, 4.69) is 20.3 Å². The van der Waals surface area contributed by atoms with Gasteiger partial charge in [-0.05, 0) is 37.0 Å². The highest BCUT2D eigenvalue weighted by Crippen LogP contribution is 2.45. The molecule has 3 aromatic rings. The third-order valence-electron chi connectivity index (χ3n) is 7.04. The number of aromatic amines is 1. The van der Waals surface area contributed by atoms with E-state index in [4.69, 9.17) is 25.0 Å². The summed E-state index contributed by atoms with van der Waals surface area (Å²) in [7, 11) is -9.12. The molecule has 1 fully saturated rings. The molecule has 19 nitrogen and oxygen atoms in total. The first-order valence-electron chi connectivity index (χ1n) is 13.1. The highest BCUT2D eigenvalue weighted by Gasteiger charge is 2.47. The Kier molecular flexibility index (Phi) is 10.3. The predicted molar refractivity (Wildman–Crippen MR) is 150 cm³/mol. The van der Waals surface area contributed by atoms with Crippen LogP contribution in [-0.4, -0.2) is 97.1 Å². The van der Waals surface area contributed by atoms with Crippen LogP contribution in [-0.2, 0) is 25.2 Å². The van der Waals surface area contributed by atoms with Crippen molar-refractivity contribution in [2.75, 3.05) is 12.3 Å². The smallest absolute Gasteiger partial charge is 0.407 e. The number of carbonyl (C=O) groups excluding carboxylic acids is 1. The number of benzene rings is 1. The SMILES string of the molecule is Nc1nc2c(ncn2[C@@H]2O[C@H](C(O)CCC(CCNC(=O)OCc3ccc(P(=O)(O)O)cc3)P(=O)(O)O)[C@@H](O)[C@H]2O)c(=O)[nH]1. The first kappa shape index (κ1) is 33.7. The lowest BCUT2D eigenvalue weighted by Gasteiger charge is -2.24. The minimum absolute atomic E-state index is 0.0389. The monoisotopic (exact) mass is 662 g/mol. The number of rotatable bonds is 12. The number of nitrogens with two attached hydrogens (primary N) is 1. The molecular weight excluding hydrogens is 630 g/mol. The van der Waals surface area contributed by atoms with Crippen LogP contribution in [0.5, 0.6) is 0 Å². The Labute approximate surface area is 248 Å². The quantitative estimate of drug-likeness (QED) is 0.0950. The van der Waals surface area contributed by atoms with Gasteiger partial charge in [-0.1, -0.05) is 12.1 Å². The predicted octanol–water partition coefficient (Wildman–Crippen LogP) is -1.87. The van der Waals surface area contributed by atoms with E-state index in [1.165, 1.54) is 28.8 Å². The lowest BCUT2D eigenvalue weighted by Crippen LogP contribution is -2.39. The molecule has 11 N–H and O–H groups in total. The molecule has 1 aliphatic rings. The molecule has 0 saturated carbocycles. The van der Waals surface area contributed by atoms with Crippen molar-refractivity contribution in [1.29, 1.82) is 0 Å². The number of H-pyrrole nitrogens is 1. The van der Waals surface area contributed by atoms with Crippen LogP contribution in [0.15, 0.2) is 35.4 Å². The van der Waals surface area contributed by atoms with Gasteiger partial charge in [0.1, 0.15) is 24.9 Å². The van der Waals surface area contributed by atoms with Crippen LogP contribution in [0.25, 0.3) is 11.2 Å². The number of hydrogen-bond acceptors (Lipinski definition) is 12. The molecule has 1 aromatic carbocycles. The van der Waals surface area contributed by atoms with Gasteiger partial charge in [0.05, 0.1) is 23.4 Å². The maximum absolute atomic E-state index is 12.1. The van der Waals surface area contributed by atoms with E-state index in [0.717, 1.165) is 6.33 Å². The average Bonchev–Trinajstić information content (AvgIpc) is 3.48. The van der Waals surface area contributed by atoms with E-state index in [1.54, 1.807) is 0 Å². The number of amides is 1. The number of carbonyl (C=O) groups is 1. The van der Waals surface area contributed by atoms with Crippen LogP contribution >= 0.6 is 15.2 Å². The Morgan fingerprint density at radius 1 is 1.11 bits per heavy atom. The highest BCUT2D eigenvalue weighted by molar-refractivity contribution is 7.60. The fourth-order valence-corrected chi connectivity index (χ4v) is 6.19. The summed E-state index contributed by atoms with van der Waals surface area (Å²) < 4.78 is 35.2. The van der Waals surface area contributed by atoms with Crippen molar-refractivity contribution < 1.29 is 58.3 Å². The lowest BCUT2D eigenvalue weighted by molar-refractivity contribution is -0.0858. The summed E-state index contributed by atoms with van der Waals surface area (Å²) in [6.07, 6.45) is -7.86. The molecule has 0 bridgehead atoms. The minimum Gasteiger partial charge on any atom is -0.445 e. The molecule has 6 atom stereocenters. The van der Waals surface area contributed by atoms with Crippen LogP contribution in [0.4, 0.5) is 10.7 Å². The summed E-state index contributed by atoms with van der Waals surface area (Å²) in [5.41, 5.74) is 3.94. The molecule has 2 unspecified atom stereocenters. The maximum atomic E-state index is 12.1. The molecule has 0 aliphatic carbocycles. The first-order valence-corrected chi connectivity index (χ1v) is 16.4. The third kappa shape index (κ3) is 7.89. The van der Waals surface area contributed by atoms with Gasteiger partial charge in [-0.25, -0.2) is 9.78 Å². The van der Waals surface area contributed by atoms with Gasteiger partial charge >= 0.3 is 21.3 Å². The van der Waals surface area contributed by atoms with Gasteiger partial charge < -0.3 is 55.4 Å². The standard InChI is InChI=1S/C23H32N6O13P2/c24-22-27-19-15(20(33)28-22)26-10-29(19)21-17(32)16(31)18(42-21)14(30)6-5-13(44(38,39)40)7-8-25-23(34)41-9-11-1-3-12(4-2-11)43(35,36)37/h1-4,10,13-14,16-18,21,30-32H,5-9H2,(H,25,34)(H2,35,36,37)(H2,38,39,40)(H3,24,27,28,33)/t13?,14?,16-,17+,18+,21+/m0/s1. The number of aliphatic hydroxyl groups is 3.